The average molecular weight is 238 g/mol. The molecule has 2 fully saturated rings. The molecule has 0 spiro atoms. The predicted octanol–water partition coefficient (Wildman–Crippen LogP) is 2.88. The Bertz CT molecular complexity index is 237. The summed E-state index contributed by atoms with van der Waals surface area (Å²) in [6.07, 6.45) is 6.95. The van der Waals surface area contributed by atoms with E-state index in [1.54, 1.807) is 0 Å². The summed E-state index contributed by atoms with van der Waals surface area (Å²) in [5.41, 5.74) is 0. The third-order valence-corrected chi connectivity index (χ3v) is 4.68. The van der Waals surface area contributed by atoms with Crippen LogP contribution in [0.25, 0.3) is 0 Å². The molecule has 2 nitrogen and oxygen atoms in total. The summed E-state index contributed by atoms with van der Waals surface area (Å²) >= 11 is 0. The molecule has 1 N–H and O–H groups in total. The van der Waals surface area contributed by atoms with Gasteiger partial charge >= 0.3 is 0 Å². The van der Waals surface area contributed by atoms with Crippen LogP contribution in [0.1, 0.15) is 52.9 Å². The largest absolute Gasteiger partial charge is 0.315 e. The smallest absolute Gasteiger partial charge is 0.0277 e. The van der Waals surface area contributed by atoms with Crippen LogP contribution in [0.5, 0.6) is 0 Å². The molecule has 0 radical (unpaired) electrons. The van der Waals surface area contributed by atoms with E-state index < -0.39 is 0 Å². The molecule has 2 saturated carbocycles. The number of hydrogen-bond acceptors (Lipinski definition) is 2. The predicted molar refractivity (Wildman–Crippen MR) is 74.2 cm³/mol. The number of hydrogen-bond donors (Lipinski definition) is 1. The van der Waals surface area contributed by atoms with Crippen LogP contribution in [-0.2, 0) is 0 Å². The molecule has 2 rings (SSSR count). The van der Waals surface area contributed by atoms with Gasteiger partial charge in [0.1, 0.15) is 0 Å². The van der Waals surface area contributed by atoms with E-state index in [1.807, 2.05) is 0 Å². The molecule has 2 aliphatic rings. The zero-order valence-corrected chi connectivity index (χ0v) is 12.1. The SMILES string of the molecule is CCCN(C1CC1)C1C(C)CC(C)CC1NC. The van der Waals surface area contributed by atoms with Crippen molar-refractivity contribution in [3.05, 3.63) is 0 Å². The molecule has 17 heavy (non-hydrogen) atoms. The highest BCUT2D eigenvalue weighted by atomic mass is 15.2. The molecule has 0 aromatic heterocycles. The van der Waals surface area contributed by atoms with Crippen molar-refractivity contribution in [2.45, 2.75) is 71.0 Å². The van der Waals surface area contributed by atoms with E-state index >= 15 is 0 Å². The van der Waals surface area contributed by atoms with Crippen LogP contribution in [-0.4, -0.2) is 36.6 Å². The first kappa shape index (κ1) is 13.4. The molecule has 0 heterocycles. The number of nitrogens with zero attached hydrogens (tertiary/aromatic N) is 1. The van der Waals surface area contributed by atoms with Crippen molar-refractivity contribution in [2.24, 2.45) is 11.8 Å². The van der Waals surface area contributed by atoms with Gasteiger partial charge in [-0.2, -0.15) is 0 Å². The molecule has 0 amide bonds. The van der Waals surface area contributed by atoms with Crippen molar-refractivity contribution in [3.63, 3.8) is 0 Å². The number of rotatable bonds is 5. The standard InChI is InChI=1S/C15H30N2/c1-5-8-17(13-6-7-13)15-12(3)9-11(2)10-14(15)16-4/h11-16H,5-10H2,1-4H3. The second-order valence-corrected chi connectivity index (χ2v) is 6.41. The van der Waals surface area contributed by atoms with Gasteiger partial charge in [0.2, 0.25) is 0 Å². The lowest BCUT2D eigenvalue weighted by Gasteiger charge is -2.46. The Hall–Kier alpha value is -0.0800. The molecule has 0 aliphatic heterocycles. The lowest BCUT2D eigenvalue weighted by molar-refractivity contribution is 0.0578. The van der Waals surface area contributed by atoms with Crippen molar-refractivity contribution in [2.75, 3.05) is 13.6 Å². The highest BCUT2D eigenvalue weighted by Crippen LogP contribution is 2.38. The van der Waals surface area contributed by atoms with Crippen LogP contribution >= 0.6 is 0 Å². The Kier molecular flexibility index (Phi) is 4.48. The fraction of sp³-hybridized carbons (Fsp3) is 1.00. The maximum absolute atomic E-state index is 3.59. The minimum atomic E-state index is 0.709. The van der Waals surface area contributed by atoms with Gasteiger partial charge in [-0.05, 0) is 57.5 Å². The Morgan fingerprint density at radius 1 is 1.18 bits per heavy atom. The molecule has 0 aromatic carbocycles. The topological polar surface area (TPSA) is 15.3 Å². The summed E-state index contributed by atoms with van der Waals surface area (Å²) in [6.45, 7) is 8.50. The molecular weight excluding hydrogens is 208 g/mol. The van der Waals surface area contributed by atoms with E-state index in [-0.39, 0.29) is 0 Å². The second kappa shape index (κ2) is 5.71. The third kappa shape index (κ3) is 3.03. The first-order chi connectivity index (χ1) is 8.17. The quantitative estimate of drug-likeness (QED) is 0.792. The van der Waals surface area contributed by atoms with Gasteiger partial charge in [0.15, 0.2) is 0 Å². The van der Waals surface area contributed by atoms with Crippen molar-refractivity contribution >= 4 is 0 Å². The Balaban J connectivity index is 2.07. The van der Waals surface area contributed by atoms with Gasteiger partial charge in [0, 0.05) is 18.1 Å². The summed E-state index contributed by atoms with van der Waals surface area (Å²) in [7, 11) is 2.15. The Labute approximate surface area is 107 Å². The van der Waals surface area contributed by atoms with Crippen LogP contribution in [0.3, 0.4) is 0 Å². The minimum Gasteiger partial charge on any atom is -0.315 e. The summed E-state index contributed by atoms with van der Waals surface area (Å²) < 4.78 is 0. The van der Waals surface area contributed by atoms with Crippen LogP contribution in [0, 0.1) is 11.8 Å². The van der Waals surface area contributed by atoms with Gasteiger partial charge in [-0.25, -0.2) is 0 Å². The zero-order valence-electron chi connectivity index (χ0n) is 12.1. The molecule has 2 aliphatic carbocycles. The van der Waals surface area contributed by atoms with E-state index in [4.69, 9.17) is 0 Å². The monoisotopic (exact) mass is 238 g/mol. The van der Waals surface area contributed by atoms with Crippen molar-refractivity contribution in [1.29, 1.82) is 0 Å². The summed E-state index contributed by atoms with van der Waals surface area (Å²) in [5.74, 6) is 1.74. The number of nitrogens with one attached hydrogen (secondary N) is 1. The summed E-state index contributed by atoms with van der Waals surface area (Å²) in [6, 6.07) is 2.40. The van der Waals surface area contributed by atoms with Gasteiger partial charge in [-0.1, -0.05) is 20.8 Å². The van der Waals surface area contributed by atoms with Gasteiger partial charge < -0.3 is 5.32 Å². The first-order valence-electron chi connectivity index (χ1n) is 7.60. The maximum atomic E-state index is 3.59. The van der Waals surface area contributed by atoms with E-state index in [9.17, 15) is 0 Å². The molecule has 4 unspecified atom stereocenters. The van der Waals surface area contributed by atoms with Crippen molar-refractivity contribution in [3.8, 4) is 0 Å². The summed E-state index contributed by atoms with van der Waals surface area (Å²) in [4.78, 5) is 2.83. The van der Waals surface area contributed by atoms with Crippen LogP contribution < -0.4 is 5.32 Å². The van der Waals surface area contributed by atoms with E-state index in [0.29, 0.717) is 6.04 Å². The highest BCUT2D eigenvalue weighted by Gasteiger charge is 2.41. The van der Waals surface area contributed by atoms with Crippen molar-refractivity contribution in [1.82, 2.24) is 10.2 Å². The molecule has 4 atom stereocenters. The Morgan fingerprint density at radius 2 is 1.88 bits per heavy atom. The van der Waals surface area contributed by atoms with Gasteiger partial charge in [-0.3, -0.25) is 4.90 Å². The Morgan fingerprint density at radius 3 is 2.41 bits per heavy atom. The number of likely N-dealkylation sites (N-methyl/N-ethyl adjacent to an activating group) is 1. The second-order valence-electron chi connectivity index (χ2n) is 6.41. The fourth-order valence-electron chi connectivity index (χ4n) is 3.93. The molecule has 0 saturated heterocycles. The maximum Gasteiger partial charge on any atom is 0.0277 e. The van der Waals surface area contributed by atoms with Gasteiger partial charge in [-0.15, -0.1) is 0 Å². The fourth-order valence-corrected chi connectivity index (χ4v) is 3.93. The highest BCUT2D eigenvalue weighted by molar-refractivity contribution is 4.98. The normalized spacial score (nSPS) is 38.6. The van der Waals surface area contributed by atoms with Crippen molar-refractivity contribution < 1.29 is 0 Å². The lowest BCUT2D eigenvalue weighted by atomic mass is 9.75. The van der Waals surface area contributed by atoms with Crippen LogP contribution in [0.15, 0.2) is 0 Å². The van der Waals surface area contributed by atoms with E-state index in [0.717, 1.165) is 23.9 Å². The lowest BCUT2D eigenvalue weighted by Crippen LogP contribution is -2.56. The summed E-state index contributed by atoms with van der Waals surface area (Å²) in [5, 5.41) is 3.59. The molecule has 100 valence electrons. The average Bonchev–Trinajstić information content (AvgIpc) is 3.09. The van der Waals surface area contributed by atoms with Gasteiger partial charge in [0.25, 0.3) is 0 Å². The van der Waals surface area contributed by atoms with Crippen LogP contribution in [0.2, 0.25) is 0 Å². The van der Waals surface area contributed by atoms with E-state index in [2.05, 4.69) is 38.0 Å². The molecule has 2 heteroatoms. The first-order valence-corrected chi connectivity index (χ1v) is 7.60. The molecule has 0 bridgehead atoms. The molecular formula is C15H30N2. The minimum absolute atomic E-state index is 0.709. The third-order valence-electron chi connectivity index (χ3n) is 4.68. The molecule has 0 aromatic rings. The van der Waals surface area contributed by atoms with Crippen LogP contribution in [0.4, 0.5) is 0 Å². The van der Waals surface area contributed by atoms with Gasteiger partial charge in [0.05, 0.1) is 0 Å². The van der Waals surface area contributed by atoms with E-state index in [1.165, 1.54) is 38.6 Å². The zero-order chi connectivity index (χ0) is 12.4.